The molecule has 8 heteroatoms. The highest BCUT2D eigenvalue weighted by Gasteiger charge is 2.38. The van der Waals surface area contributed by atoms with Crippen molar-refractivity contribution >= 4 is 46.6 Å². The van der Waals surface area contributed by atoms with E-state index >= 15 is 0 Å². The van der Waals surface area contributed by atoms with Gasteiger partial charge in [-0.05, 0) is 84.5 Å². The van der Waals surface area contributed by atoms with Gasteiger partial charge in [-0.2, -0.15) is 5.10 Å². The summed E-state index contributed by atoms with van der Waals surface area (Å²) in [5.41, 5.74) is 8.38. The number of carbonyl (C=O) groups excluding carboxylic acids is 2. The number of hydrazone groups is 1. The molecule has 0 fully saturated rings. The number of allylic oxidation sites excluding steroid dienone is 2. The molecule has 0 bridgehead atoms. The molecule has 38 heavy (non-hydrogen) atoms. The molecule has 2 N–H and O–H groups in total. The number of anilines is 1. The molecule has 0 spiro atoms. The van der Waals surface area contributed by atoms with Crippen molar-refractivity contribution in [2.24, 2.45) is 11.0 Å². The molecule has 3 aromatic carbocycles. The van der Waals surface area contributed by atoms with Gasteiger partial charge >= 0.3 is 5.97 Å². The summed E-state index contributed by atoms with van der Waals surface area (Å²) in [5.74, 6) is 0.408. The molecular weight excluding hydrogens is 518 g/mol. The Labute approximate surface area is 231 Å². The summed E-state index contributed by atoms with van der Waals surface area (Å²) in [6.45, 7) is 1.90. The van der Waals surface area contributed by atoms with Crippen molar-refractivity contribution in [2.75, 3.05) is 18.2 Å². The van der Waals surface area contributed by atoms with Crippen molar-refractivity contribution in [2.45, 2.75) is 30.2 Å². The van der Waals surface area contributed by atoms with Gasteiger partial charge in [-0.1, -0.05) is 42.0 Å². The van der Waals surface area contributed by atoms with Crippen LogP contribution in [0.25, 0.3) is 0 Å². The highest BCUT2D eigenvalue weighted by atomic mass is 35.5. The second-order valence-corrected chi connectivity index (χ2v) is 10.9. The number of carbonyl (C=O) groups is 2. The Bertz CT molecular complexity index is 1400. The molecule has 1 aliphatic carbocycles. The second-order valence-electron chi connectivity index (χ2n) is 9.37. The maximum atomic E-state index is 12.3. The zero-order valence-corrected chi connectivity index (χ0v) is 22.7. The van der Waals surface area contributed by atoms with E-state index in [1.807, 2.05) is 61.5 Å². The average molecular weight is 546 g/mol. The Kier molecular flexibility index (Phi) is 7.86. The van der Waals surface area contributed by atoms with Gasteiger partial charge in [0.25, 0.3) is 0 Å². The Balaban J connectivity index is 1.28. The molecule has 6 nitrogen and oxygen atoms in total. The lowest BCUT2D eigenvalue weighted by atomic mass is 9.76. The van der Waals surface area contributed by atoms with Crippen molar-refractivity contribution < 1.29 is 14.3 Å². The van der Waals surface area contributed by atoms with Gasteiger partial charge in [-0.25, -0.2) is 10.2 Å². The highest BCUT2D eigenvalue weighted by molar-refractivity contribution is 8.00. The first-order valence-corrected chi connectivity index (χ1v) is 13.8. The van der Waals surface area contributed by atoms with Gasteiger partial charge in [-0.15, -0.1) is 11.8 Å². The predicted octanol–water partition coefficient (Wildman–Crippen LogP) is 6.59. The van der Waals surface area contributed by atoms with E-state index in [0.29, 0.717) is 16.5 Å². The molecular formula is C30H28ClN3O3S. The van der Waals surface area contributed by atoms with Crippen LogP contribution in [0.15, 0.2) is 88.9 Å². The number of methoxy groups -OCH3 is 1. The van der Waals surface area contributed by atoms with Gasteiger partial charge < -0.3 is 10.1 Å². The molecule has 0 saturated heterocycles. The van der Waals surface area contributed by atoms with Crippen LogP contribution in [0.1, 0.15) is 52.4 Å². The van der Waals surface area contributed by atoms with Crippen LogP contribution in [-0.2, 0) is 9.53 Å². The predicted molar refractivity (Wildman–Crippen MR) is 153 cm³/mol. The van der Waals surface area contributed by atoms with E-state index in [4.69, 9.17) is 16.3 Å². The van der Waals surface area contributed by atoms with Gasteiger partial charge in [0.05, 0.1) is 30.2 Å². The Hall–Kier alpha value is -3.55. The summed E-state index contributed by atoms with van der Waals surface area (Å²) < 4.78 is 4.83. The maximum absolute atomic E-state index is 12.3. The summed E-state index contributed by atoms with van der Waals surface area (Å²) in [7, 11) is 1.39. The Morgan fingerprint density at radius 3 is 2.55 bits per heavy atom. The number of hydrogen-bond donors (Lipinski definition) is 2. The van der Waals surface area contributed by atoms with Crippen LogP contribution in [0.3, 0.4) is 0 Å². The SMILES string of the molecule is COC(=O)c1ccc([C@@H]2Nc3ccc(/C(C)=N\NC(=O)CSc4ccc(Cl)cc4)cc3[C@@H]3C=CC[C@@H]32)cc1. The first-order valence-electron chi connectivity index (χ1n) is 12.4. The monoisotopic (exact) mass is 545 g/mol. The third-order valence-electron chi connectivity index (χ3n) is 7.00. The van der Waals surface area contributed by atoms with Gasteiger partial charge in [0.2, 0.25) is 5.91 Å². The number of benzene rings is 3. The first kappa shape index (κ1) is 26.1. The molecule has 2 aliphatic rings. The molecule has 0 unspecified atom stereocenters. The smallest absolute Gasteiger partial charge is 0.337 e. The van der Waals surface area contributed by atoms with Crippen LogP contribution in [0.2, 0.25) is 5.02 Å². The minimum absolute atomic E-state index is 0.132. The van der Waals surface area contributed by atoms with Gasteiger partial charge in [0, 0.05) is 21.5 Å². The number of amides is 1. The molecule has 3 atom stereocenters. The van der Waals surface area contributed by atoms with E-state index in [-0.39, 0.29) is 29.6 Å². The van der Waals surface area contributed by atoms with E-state index in [1.165, 1.54) is 24.4 Å². The number of esters is 1. The van der Waals surface area contributed by atoms with Gasteiger partial charge in [0.15, 0.2) is 0 Å². The van der Waals surface area contributed by atoms with Crippen molar-refractivity contribution in [1.82, 2.24) is 5.43 Å². The molecule has 1 heterocycles. The summed E-state index contributed by atoms with van der Waals surface area (Å²) in [5, 5.41) is 8.75. The number of rotatable bonds is 7. The lowest BCUT2D eigenvalue weighted by Gasteiger charge is -2.37. The lowest BCUT2D eigenvalue weighted by Crippen LogP contribution is -2.29. The topological polar surface area (TPSA) is 79.8 Å². The van der Waals surface area contributed by atoms with Crippen LogP contribution in [0.5, 0.6) is 0 Å². The molecule has 0 radical (unpaired) electrons. The summed E-state index contributed by atoms with van der Waals surface area (Å²) in [4.78, 5) is 25.1. The van der Waals surface area contributed by atoms with Crippen molar-refractivity contribution in [3.63, 3.8) is 0 Å². The summed E-state index contributed by atoms with van der Waals surface area (Å²) in [6.07, 6.45) is 5.50. The van der Waals surface area contributed by atoms with Crippen LogP contribution in [0.4, 0.5) is 5.69 Å². The molecule has 1 aliphatic heterocycles. The number of nitrogens with zero attached hydrogens (tertiary/aromatic N) is 1. The van der Waals surface area contributed by atoms with E-state index in [1.54, 1.807) is 0 Å². The zero-order chi connectivity index (χ0) is 26.6. The summed E-state index contributed by atoms with van der Waals surface area (Å²) >= 11 is 7.35. The lowest BCUT2D eigenvalue weighted by molar-refractivity contribution is -0.118. The fourth-order valence-electron chi connectivity index (χ4n) is 5.02. The third-order valence-corrected chi connectivity index (χ3v) is 8.27. The Morgan fingerprint density at radius 1 is 1.08 bits per heavy atom. The van der Waals surface area contributed by atoms with Gasteiger partial charge in [0.1, 0.15) is 0 Å². The van der Waals surface area contributed by atoms with E-state index < -0.39 is 0 Å². The number of halogens is 1. The fraction of sp³-hybridized carbons (Fsp3) is 0.233. The minimum atomic E-state index is -0.333. The number of thioether (sulfide) groups is 1. The van der Waals surface area contributed by atoms with Crippen LogP contribution >= 0.6 is 23.4 Å². The number of fused-ring (bicyclic) bond motifs is 3. The van der Waals surface area contributed by atoms with Crippen LogP contribution < -0.4 is 10.7 Å². The zero-order valence-electron chi connectivity index (χ0n) is 21.1. The third kappa shape index (κ3) is 5.64. The van der Waals surface area contributed by atoms with E-state index in [0.717, 1.165) is 33.8 Å². The largest absolute Gasteiger partial charge is 0.465 e. The van der Waals surface area contributed by atoms with Crippen LogP contribution in [-0.4, -0.2) is 30.5 Å². The number of nitrogens with one attached hydrogen (secondary N) is 2. The molecule has 3 aromatic rings. The minimum Gasteiger partial charge on any atom is -0.465 e. The molecule has 194 valence electrons. The second kappa shape index (κ2) is 11.5. The highest BCUT2D eigenvalue weighted by Crippen LogP contribution is 2.50. The Morgan fingerprint density at radius 2 is 1.82 bits per heavy atom. The quantitative estimate of drug-likeness (QED) is 0.115. The first-order chi connectivity index (χ1) is 18.4. The maximum Gasteiger partial charge on any atom is 0.337 e. The van der Waals surface area contributed by atoms with E-state index in [2.05, 4.69) is 40.1 Å². The van der Waals surface area contributed by atoms with E-state index in [9.17, 15) is 9.59 Å². The summed E-state index contributed by atoms with van der Waals surface area (Å²) in [6, 6.07) is 21.5. The molecule has 1 amide bonds. The number of ether oxygens (including phenoxy) is 1. The average Bonchev–Trinajstić information content (AvgIpc) is 3.45. The van der Waals surface area contributed by atoms with Crippen molar-refractivity contribution in [3.8, 4) is 0 Å². The molecule has 0 aromatic heterocycles. The fourth-order valence-corrected chi connectivity index (χ4v) is 5.83. The normalized spacial score (nSPS) is 19.8. The van der Waals surface area contributed by atoms with Crippen molar-refractivity contribution in [3.05, 3.63) is 106 Å². The molecule has 5 rings (SSSR count). The number of hydrogen-bond acceptors (Lipinski definition) is 6. The molecule has 0 saturated carbocycles. The van der Waals surface area contributed by atoms with Crippen LogP contribution in [0, 0.1) is 5.92 Å². The standard InChI is InChI=1S/C30H28ClN3O3S/c1-18(33-34-28(35)17-38-23-13-11-22(31)12-14-23)21-10-15-27-26(16-21)24-4-3-5-25(24)29(32-27)19-6-8-20(9-7-19)30(36)37-2/h3-4,6-16,24-25,29,32H,5,17H2,1-2H3,(H,34,35)/b33-18-/t24-,25+,29+/m1/s1. The van der Waals surface area contributed by atoms with Gasteiger partial charge in [-0.3, -0.25) is 4.79 Å². The van der Waals surface area contributed by atoms with Crippen molar-refractivity contribution in [1.29, 1.82) is 0 Å².